The number of ether oxygens (including phenoxy) is 4. The average Bonchev–Trinajstić information content (AvgIpc) is 3.55. The Bertz CT molecular complexity index is 2490. The molecule has 6 rings (SSSR count). The van der Waals surface area contributed by atoms with Crippen molar-refractivity contribution in [2.75, 3.05) is 20.8 Å². The summed E-state index contributed by atoms with van der Waals surface area (Å²) in [6, 6.07) is 21.2. The highest BCUT2D eigenvalue weighted by Gasteiger charge is 2.22. The maximum Gasteiger partial charge on any atom is 0.338 e. The molecule has 0 atom stereocenters. The fourth-order valence-electron chi connectivity index (χ4n) is 5.57. The number of carbonyl (C=O) groups is 3. The van der Waals surface area contributed by atoms with Crippen LogP contribution in [0.1, 0.15) is 74.4 Å². The minimum Gasteiger partial charge on any atom is -0.478 e. The quantitative estimate of drug-likeness (QED) is 0.120. The van der Waals surface area contributed by atoms with Crippen molar-refractivity contribution in [1.82, 2.24) is 19.5 Å². The molecular formula is C43H39F2N5O8. The van der Waals surface area contributed by atoms with Gasteiger partial charge in [-0.25, -0.2) is 33.1 Å². The largest absolute Gasteiger partial charge is 0.478 e. The van der Waals surface area contributed by atoms with Crippen LogP contribution in [0.3, 0.4) is 0 Å². The fourth-order valence-corrected chi connectivity index (χ4v) is 5.57. The third-order valence-electron chi connectivity index (χ3n) is 8.39. The number of hydrogen-bond acceptors (Lipinski definition) is 11. The molecule has 0 saturated heterocycles. The van der Waals surface area contributed by atoms with Crippen LogP contribution in [0, 0.1) is 23.0 Å². The molecule has 13 nitrogen and oxygen atoms in total. The van der Waals surface area contributed by atoms with Crippen molar-refractivity contribution in [3.05, 3.63) is 142 Å². The number of imidazole rings is 1. The summed E-state index contributed by atoms with van der Waals surface area (Å²) in [6.45, 7) is 5.74. The molecule has 0 radical (unpaired) electrons. The van der Waals surface area contributed by atoms with Crippen LogP contribution in [-0.2, 0) is 33.8 Å². The molecule has 0 aliphatic carbocycles. The molecule has 6 aromatic rings. The number of carbonyl (C=O) groups excluding carboxylic acids is 2. The van der Waals surface area contributed by atoms with Crippen LogP contribution in [0.15, 0.2) is 91.3 Å². The summed E-state index contributed by atoms with van der Waals surface area (Å²) in [5, 5.41) is 17.4. The van der Waals surface area contributed by atoms with E-state index < -0.39 is 35.1 Å². The number of aromatic carboxylic acids is 1. The van der Waals surface area contributed by atoms with Gasteiger partial charge in [0.15, 0.2) is 0 Å². The van der Waals surface area contributed by atoms with Crippen LogP contribution < -0.4 is 4.74 Å². The highest BCUT2D eigenvalue weighted by atomic mass is 19.1. The summed E-state index contributed by atoms with van der Waals surface area (Å²) < 4.78 is 53.7. The second kappa shape index (κ2) is 18.7. The van der Waals surface area contributed by atoms with Crippen LogP contribution >= 0.6 is 0 Å². The average molecular weight is 792 g/mol. The first-order chi connectivity index (χ1) is 27.7. The van der Waals surface area contributed by atoms with E-state index in [4.69, 9.17) is 34.3 Å². The molecule has 0 aliphatic rings. The van der Waals surface area contributed by atoms with E-state index in [1.54, 1.807) is 58.2 Å². The number of carboxylic acid groups (broad SMARTS) is 1. The van der Waals surface area contributed by atoms with E-state index in [1.807, 2.05) is 10.6 Å². The Balaban J connectivity index is 0.000000627. The molecule has 3 aromatic heterocycles. The fraction of sp³-hybridized carbons (Fsp3) is 0.233. The van der Waals surface area contributed by atoms with Crippen molar-refractivity contribution in [1.29, 1.82) is 5.26 Å². The molecule has 0 unspecified atom stereocenters. The summed E-state index contributed by atoms with van der Waals surface area (Å²) in [5.41, 5.74) is 2.55. The molecule has 0 spiro atoms. The Morgan fingerprint density at radius 3 is 2.17 bits per heavy atom. The van der Waals surface area contributed by atoms with Gasteiger partial charge in [0, 0.05) is 49.7 Å². The molecular weight excluding hydrogens is 752 g/mol. The predicted octanol–water partition coefficient (Wildman–Crippen LogP) is 7.59. The lowest BCUT2D eigenvalue weighted by Gasteiger charge is -2.20. The Hall–Kier alpha value is -7.05. The number of aromatic nitrogens is 4. The normalized spacial score (nSPS) is 10.9. The monoisotopic (exact) mass is 791 g/mol. The molecule has 0 saturated carbocycles. The zero-order valence-electron chi connectivity index (χ0n) is 32.3. The SMILES string of the molecule is COCCn1c(Cc2ccc(-c3cc(C(=O)OC(C)(C)C)cc(OCc4ccc(C#N)cc4F)n3)cc2F)nc2ccc(C(=O)OC)cc21.O=C(O)c1ccncc1. The van der Waals surface area contributed by atoms with Gasteiger partial charge in [0.1, 0.15) is 29.7 Å². The van der Waals surface area contributed by atoms with E-state index in [9.17, 15) is 18.8 Å². The number of rotatable bonds is 12. The van der Waals surface area contributed by atoms with Crippen molar-refractivity contribution in [3.8, 4) is 23.2 Å². The minimum absolute atomic E-state index is 0.00946. The van der Waals surface area contributed by atoms with E-state index in [2.05, 4.69) is 9.97 Å². The number of esters is 2. The number of hydrogen-bond donors (Lipinski definition) is 1. The van der Waals surface area contributed by atoms with Gasteiger partial charge in [-0.15, -0.1) is 0 Å². The van der Waals surface area contributed by atoms with E-state index >= 15 is 4.39 Å². The molecule has 0 fully saturated rings. The zero-order chi connectivity index (χ0) is 42.0. The second-order valence-electron chi connectivity index (χ2n) is 13.7. The molecule has 0 aliphatic heterocycles. The lowest BCUT2D eigenvalue weighted by molar-refractivity contribution is 0.00684. The smallest absolute Gasteiger partial charge is 0.338 e. The van der Waals surface area contributed by atoms with Gasteiger partial charge in [-0.1, -0.05) is 18.2 Å². The summed E-state index contributed by atoms with van der Waals surface area (Å²) in [6.07, 6.45) is 3.03. The van der Waals surface area contributed by atoms with Crippen molar-refractivity contribution < 1.29 is 47.2 Å². The molecule has 0 amide bonds. The van der Waals surface area contributed by atoms with Gasteiger partial charge in [0.2, 0.25) is 5.88 Å². The Morgan fingerprint density at radius 1 is 0.828 bits per heavy atom. The molecule has 1 N–H and O–H groups in total. The molecule has 3 heterocycles. The number of fused-ring (bicyclic) bond motifs is 1. The number of benzene rings is 3. The van der Waals surface area contributed by atoms with Crippen molar-refractivity contribution in [2.45, 2.75) is 45.9 Å². The number of pyridine rings is 2. The summed E-state index contributed by atoms with van der Waals surface area (Å²) in [5.74, 6) is -2.65. The second-order valence-corrected chi connectivity index (χ2v) is 13.7. The topological polar surface area (TPSA) is 176 Å². The van der Waals surface area contributed by atoms with Gasteiger partial charge >= 0.3 is 17.9 Å². The van der Waals surface area contributed by atoms with Crippen LogP contribution in [-0.4, -0.2) is 69.0 Å². The number of methoxy groups -OCH3 is 2. The molecule has 58 heavy (non-hydrogen) atoms. The first kappa shape index (κ1) is 42.1. The summed E-state index contributed by atoms with van der Waals surface area (Å²) in [7, 11) is 2.88. The van der Waals surface area contributed by atoms with E-state index in [1.165, 1.54) is 62.0 Å². The van der Waals surface area contributed by atoms with Crippen molar-refractivity contribution >= 4 is 28.9 Å². The third-order valence-corrected chi connectivity index (χ3v) is 8.39. The molecule has 0 bridgehead atoms. The standard InChI is InChI=1S/C37H34F2N4O6.C6H5NO2/c1-37(2,3)49-36(45)27-16-31(42-34(19-27)48-21-26-7-6-22(20-40)14-28(26)38)24-9-8-23(29(39)15-24)18-33-41-30-11-10-25(35(44)47-5)17-32(30)43(33)12-13-46-4;8-6(9)5-1-3-7-4-2-5/h6-11,14-17,19H,12-13,18,21H2,1-5H3;1-4H,(H,8,9). The molecule has 298 valence electrons. The van der Waals surface area contributed by atoms with Gasteiger partial charge in [-0.2, -0.15) is 5.26 Å². The minimum atomic E-state index is -0.919. The zero-order valence-corrected chi connectivity index (χ0v) is 32.3. The van der Waals surface area contributed by atoms with Gasteiger partial charge in [0.05, 0.1) is 58.8 Å². The maximum atomic E-state index is 15.8. The highest BCUT2D eigenvalue weighted by molar-refractivity contribution is 5.94. The van der Waals surface area contributed by atoms with Gasteiger partial charge < -0.3 is 28.6 Å². The molecule has 15 heteroatoms. The lowest BCUT2D eigenvalue weighted by Crippen LogP contribution is -2.24. The van der Waals surface area contributed by atoms with Crippen LogP contribution in [0.25, 0.3) is 22.3 Å². The Morgan fingerprint density at radius 2 is 1.55 bits per heavy atom. The maximum absolute atomic E-state index is 15.8. The van der Waals surface area contributed by atoms with E-state index in [0.717, 1.165) is 6.07 Å². The lowest BCUT2D eigenvalue weighted by atomic mass is 10.0. The van der Waals surface area contributed by atoms with Gasteiger partial charge in [-0.05, 0) is 80.9 Å². The first-order valence-corrected chi connectivity index (χ1v) is 17.7. The van der Waals surface area contributed by atoms with Gasteiger partial charge in [-0.3, -0.25) is 4.98 Å². The van der Waals surface area contributed by atoms with Crippen LogP contribution in [0.5, 0.6) is 5.88 Å². The first-order valence-electron chi connectivity index (χ1n) is 17.7. The van der Waals surface area contributed by atoms with E-state index in [-0.39, 0.29) is 46.9 Å². The number of halogens is 2. The molecule has 3 aromatic carbocycles. The number of nitrogens with zero attached hydrogens (tertiary/aromatic N) is 5. The summed E-state index contributed by atoms with van der Waals surface area (Å²) in [4.78, 5) is 48.3. The van der Waals surface area contributed by atoms with Gasteiger partial charge in [0.25, 0.3) is 0 Å². The Kier molecular flexibility index (Phi) is 13.6. The Labute approximate surface area is 332 Å². The third kappa shape index (κ3) is 10.8. The van der Waals surface area contributed by atoms with Crippen LogP contribution in [0.2, 0.25) is 0 Å². The number of nitriles is 1. The van der Waals surface area contributed by atoms with Crippen molar-refractivity contribution in [2.24, 2.45) is 0 Å². The van der Waals surface area contributed by atoms with Crippen molar-refractivity contribution in [3.63, 3.8) is 0 Å². The number of carboxylic acids is 1. The highest BCUT2D eigenvalue weighted by Crippen LogP contribution is 2.28. The van der Waals surface area contributed by atoms with Crippen LogP contribution in [0.4, 0.5) is 8.78 Å². The summed E-state index contributed by atoms with van der Waals surface area (Å²) >= 11 is 0. The van der Waals surface area contributed by atoms with E-state index in [0.29, 0.717) is 46.7 Å². The predicted molar refractivity (Wildman–Crippen MR) is 207 cm³/mol.